The summed E-state index contributed by atoms with van der Waals surface area (Å²) in [5, 5.41) is 8.10. The lowest BCUT2D eigenvalue weighted by Crippen LogP contribution is -2.04. The number of hydrogen-bond acceptors (Lipinski definition) is 4. The van der Waals surface area contributed by atoms with Crippen molar-refractivity contribution >= 4 is 13.8 Å². The standard InChI is InChI=1S/C5H8O3.H3O4P/c1-2-5(7)8-4-3-6;1-5(2,3)4/h2,6H,1,3-4H2;(H3,1,2,3,4). The Kier molecular flexibility index (Phi) is 8.99. The number of carbonyl (C=O) groups excluding carboxylic acids is 1. The summed E-state index contributed by atoms with van der Waals surface area (Å²) in [5.41, 5.74) is 0. The van der Waals surface area contributed by atoms with Crippen molar-refractivity contribution in [2.24, 2.45) is 0 Å². The van der Waals surface area contributed by atoms with Crippen molar-refractivity contribution < 1.29 is 33.9 Å². The molecule has 0 aromatic heterocycles. The van der Waals surface area contributed by atoms with Crippen molar-refractivity contribution in [2.75, 3.05) is 13.2 Å². The first-order valence-electron chi connectivity index (χ1n) is 2.99. The molecule has 0 aliphatic rings. The number of ether oxygens (including phenoxy) is 1. The number of aliphatic hydroxyl groups excluding tert-OH is 1. The Morgan fingerprint density at radius 3 is 2.08 bits per heavy atom. The van der Waals surface area contributed by atoms with Gasteiger partial charge in [-0.3, -0.25) is 0 Å². The molecule has 78 valence electrons. The van der Waals surface area contributed by atoms with Crippen LogP contribution in [0.15, 0.2) is 12.7 Å². The van der Waals surface area contributed by atoms with Crippen LogP contribution in [-0.2, 0) is 14.1 Å². The molecule has 0 unspecified atom stereocenters. The Morgan fingerprint density at radius 2 is 1.85 bits per heavy atom. The van der Waals surface area contributed by atoms with E-state index in [1.807, 2.05) is 0 Å². The van der Waals surface area contributed by atoms with E-state index in [-0.39, 0.29) is 13.2 Å². The van der Waals surface area contributed by atoms with Crippen molar-refractivity contribution in [3.63, 3.8) is 0 Å². The van der Waals surface area contributed by atoms with Gasteiger partial charge in [-0.1, -0.05) is 6.58 Å². The van der Waals surface area contributed by atoms with Gasteiger partial charge >= 0.3 is 13.8 Å². The van der Waals surface area contributed by atoms with Crippen LogP contribution in [0.4, 0.5) is 0 Å². The average Bonchev–Trinajstić information content (AvgIpc) is 1.97. The predicted octanol–water partition coefficient (Wildman–Crippen LogP) is -1.22. The quantitative estimate of drug-likeness (QED) is 0.263. The maximum Gasteiger partial charge on any atom is 0.466 e. The lowest BCUT2D eigenvalue weighted by Gasteiger charge is -1.94. The van der Waals surface area contributed by atoms with Gasteiger partial charge in [0.15, 0.2) is 0 Å². The summed E-state index contributed by atoms with van der Waals surface area (Å²) >= 11 is 0. The summed E-state index contributed by atoms with van der Waals surface area (Å²) < 4.78 is 13.2. The van der Waals surface area contributed by atoms with Gasteiger partial charge in [-0.15, -0.1) is 0 Å². The maximum atomic E-state index is 10.1. The molecule has 0 aliphatic carbocycles. The zero-order valence-electron chi connectivity index (χ0n) is 6.66. The maximum absolute atomic E-state index is 10.1. The molecule has 0 bridgehead atoms. The fourth-order valence-corrected chi connectivity index (χ4v) is 0.205. The van der Waals surface area contributed by atoms with E-state index < -0.39 is 13.8 Å². The molecule has 0 amide bonds. The van der Waals surface area contributed by atoms with Gasteiger partial charge in [0, 0.05) is 6.08 Å². The van der Waals surface area contributed by atoms with Crippen molar-refractivity contribution in [2.45, 2.75) is 0 Å². The van der Waals surface area contributed by atoms with E-state index in [0.717, 1.165) is 6.08 Å². The Bertz CT molecular complexity index is 187. The monoisotopic (exact) mass is 214 g/mol. The lowest BCUT2D eigenvalue weighted by molar-refractivity contribution is -0.138. The molecule has 0 saturated heterocycles. The topological polar surface area (TPSA) is 124 Å². The zero-order valence-corrected chi connectivity index (χ0v) is 7.55. The molecule has 0 aliphatic heterocycles. The van der Waals surface area contributed by atoms with Crippen molar-refractivity contribution in [1.82, 2.24) is 0 Å². The minimum atomic E-state index is -4.64. The third-order valence-corrected chi connectivity index (χ3v) is 0.502. The molecule has 0 aromatic rings. The lowest BCUT2D eigenvalue weighted by atomic mass is 10.6. The highest BCUT2D eigenvalue weighted by molar-refractivity contribution is 7.45. The largest absolute Gasteiger partial charge is 0.466 e. The number of carbonyl (C=O) groups is 1. The number of phosphoric acid groups is 1. The van der Waals surface area contributed by atoms with Gasteiger partial charge in [0.1, 0.15) is 6.61 Å². The molecule has 13 heavy (non-hydrogen) atoms. The van der Waals surface area contributed by atoms with E-state index in [0.29, 0.717) is 0 Å². The molecule has 0 rings (SSSR count). The molecule has 0 radical (unpaired) electrons. The molecule has 0 saturated carbocycles. The Labute approximate surface area is 74.5 Å². The van der Waals surface area contributed by atoms with Gasteiger partial charge in [-0.25, -0.2) is 9.36 Å². The summed E-state index contributed by atoms with van der Waals surface area (Å²) in [7, 11) is -4.64. The van der Waals surface area contributed by atoms with Crippen LogP contribution in [0.25, 0.3) is 0 Å². The first kappa shape index (κ1) is 14.8. The summed E-state index contributed by atoms with van der Waals surface area (Å²) in [6.45, 7) is 3.06. The number of aliphatic hydroxyl groups is 1. The fourth-order valence-electron chi connectivity index (χ4n) is 0.205. The van der Waals surface area contributed by atoms with Crippen molar-refractivity contribution in [3.05, 3.63) is 12.7 Å². The fraction of sp³-hybridized carbons (Fsp3) is 0.400. The SMILES string of the molecule is C=CC(=O)OCCO.O=P(O)(O)O. The van der Waals surface area contributed by atoms with Gasteiger partial charge in [-0.05, 0) is 0 Å². The molecular formula is C5H11O7P. The highest BCUT2D eigenvalue weighted by Crippen LogP contribution is 2.25. The average molecular weight is 214 g/mol. The molecule has 0 fully saturated rings. The summed E-state index contributed by atoms with van der Waals surface area (Å²) in [5.74, 6) is -0.501. The van der Waals surface area contributed by atoms with Crippen LogP contribution in [0.1, 0.15) is 0 Å². The Hall–Kier alpha value is -0.720. The molecule has 0 atom stereocenters. The molecule has 7 nitrogen and oxygen atoms in total. The van der Waals surface area contributed by atoms with Crippen LogP contribution < -0.4 is 0 Å². The summed E-state index contributed by atoms with van der Waals surface area (Å²) in [6, 6.07) is 0. The second-order valence-corrected chi connectivity index (χ2v) is 2.64. The third kappa shape index (κ3) is 34.8. The minimum absolute atomic E-state index is 0.0465. The van der Waals surface area contributed by atoms with E-state index in [9.17, 15) is 4.79 Å². The number of esters is 1. The number of hydrogen-bond donors (Lipinski definition) is 4. The van der Waals surface area contributed by atoms with Gasteiger partial charge in [-0.2, -0.15) is 0 Å². The van der Waals surface area contributed by atoms with Gasteiger partial charge < -0.3 is 24.5 Å². The Morgan fingerprint density at radius 1 is 1.46 bits per heavy atom. The van der Waals surface area contributed by atoms with Crippen molar-refractivity contribution in [3.8, 4) is 0 Å². The van der Waals surface area contributed by atoms with E-state index in [2.05, 4.69) is 11.3 Å². The van der Waals surface area contributed by atoms with Crippen molar-refractivity contribution in [1.29, 1.82) is 0 Å². The van der Waals surface area contributed by atoms with Crippen LogP contribution >= 0.6 is 7.82 Å². The van der Waals surface area contributed by atoms with Crippen LogP contribution in [0.3, 0.4) is 0 Å². The van der Waals surface area contributed by atoms with E-state index in [4.69, 9.17) is 24.4 Å². The molecule has 8 heteroatoms. The van der Waals surface area contributed by atoms with Crippen LogP contribution in [-0.4, -0.2) is 39.0 Å². The van der Waals surface area contributed by atoms with Crippen LogP contribution in [0.5, 0.6) is 0 Å². The van der Waals surface area contributed by atoms with E-state index in [1.165, 1.54) is 0 Å². The normalized spacial score (nSPS) is 9.54. The first-order valence-corrected chi connectivity index (χ1v) is 4.56. The molecule has 0 aromatic carbocycles. The molecule has 4 N–H and O–H groups in total. The summed E-state index contributed by atoms with van der Waals surface area (Å²) in [6.07, 6.45) is 1.05. The first-order chi connectivity index (χ1) is 5.81. The second kappa shape index (κ2) is 7.90. The van der Waals surface area contributed by atoms with E-state index in [1.54, 1.807) is 0 Å². The zero-order chi connectivity index (χ0) is 10.9. The van der Waals surface area contributed by atoms with Gasteiger partial charge in [0.05, 0.1) is 6.61 Å². The predicted molar refractivity (Wildman–Crippen MR) is 42.5 cm³/mol. The molecule has 0 spiro atoms. The highest BCUT2D eigenvalue weighted by Gasteiger charge is 2.00. The summed E-state index contributed by atoms with van der Waals surface area (Å²) in [4.78, 5) is 31.7. The van der Waals surface area contributed by atoms with Crippen LogP contribution in [0.2, 0.25) is 0 Å². The minimum Gasteiger partial charge on any atom is -0.460 e. The highest BCUT2D eigenvalue weighted by atomic mass is 31.2. The molecular weight excluding hydrogens is 203 g/mol. The molecule has 0 heterocycles. The van der Waals surface area contributed by atoms with Crippen LogP contribution in [0, 0.1) is 0 Å². The van der Waals surface area contributed by atoms with E-state index >= 15 is 0 Å². The second-order valence-electron chi connectivity index (χ2n) is 1.61. The van der Waals surface area contributed by atoms with Gasteiger partial charge in [0.25, 0.3) is 0 Å². The van der Waals surface area contributed by atoms with Gasteiger partial charge in [0.2, 0.25) is 0 Å². The number of rotatable bonds is 3. The smallest absolute Gasteiger partial charge is 0.460 e. The Balaban J connectivity index is 0. The third-order valence-electron chi connectivity index (χ3n) is 0.502.